The molecule has 0 radical (unpaired) electrons. The topological polar surface area (TPSA) is 122 Å². The highest BCUT2D eigenvalue weighted by Gasteiger charge is 2.44. The van der Waals surface area contributed by atoms with E-state index in [1.807, 2.05) is 0 Å². The van der Waals surface area contributed by atoms with Crippen molar-refractivity contribution < 1.29 is 24.8 Å². The number of ether oxygens (including phenoxy) is 2. The quantitative estimate of drug-likeness (QED) is 0.426. The lowest BCUT2D eigenvalue weighted by Gasteiger charge is -2.13. The lowest BCUT2D eigenvalue weighted by Crippen LogP contribution is -2.33. The van der Waals surface area contributed by atoms with E-state index in [4.69, 9.17) is 14.6 Å². The highest BCUT2D eigenvalue weighted by molar-refractivity contribution is 5.89. The first-order valence-electron chi connectivity index (χ1n) is 5.67. The fourth-order valence-electron chi connectivity index (χ4n) is 1.88. The Morgan fingerprint density at radius 3 is 2.79 bits per heavy atom. The molecule has 9 heteroatoms. The molecule has 3 N–H and O–H groups in total. The lowest BCUT2D eigenvalue weighted by atomic mass is 10.1. The van der Waals surface area contributed by atoms with Crippen LogP contribution in [0.5, 0.6) is 0 Å². The predicted molar refractivity (Wildman–Crippen MR) is 62.5 cm³/mol. The van der Waals surface area contributed by atoms with E-state index in [1.54, 1.807) is 0 Å². The van der Waals surface area contributed by atoms with Crippen LogP contribution in [0.15, 0.2) is 11.3 Å². The summed E-state index contributed by atoms with van der Waals surface area (Å²) >= 11 is 0. The summed E-state index contributed by atoms with van der Waals surface area (Å²) in [5, 5.41) is 32.6. The summed E-state index contributed by atoms with van der Waals surface area (Å²) in [5.74, 6) is 0.480. The minimum absolute atomic E-state index is 0.239. The number of nitrogens with zero attached hydrogens (tertiary/aromatic N) is 4. The van der Waals surface area contributed by atoms with E-state index in [0.717, 1.165) is 0 Å². The van der Waals surface area contributed by atoms with Gasteiger partial charge in [-0.2, -0.15) is 0 Å². The van der Waals surface area contributed by atoms with Gasteiger partial charge < -0.3 is 24.8 Å². The molecule has 2 heterocycles. The van der Waals surface area contributed by atoms with Gasteiger partial charge in [0.05, 0.1) is 13.7 Å². The van der Waals surface area contributed by atoms with Gasteiger partial charge in [0.15, 0.2) is 6.23 Å². The van der Waals surface area contributed by atoms with Gasteiger partial charge in [0.1, 0.15) is 24.6 Å². The van der Waals surface area contributed by atoms with E-state index in [2.05, 4.69) is 15.1 Å². The number of hydrogen-bond acceptors (Lipinski definition) is 8. The summed E-state index contributed by atoms with van der Waals surface area (Å²) in [6.45, 7) is -0.393. The third-order valence-electron chi connectivity index (χ3n) is 2.87. The number of aliphatic hydroxyl groups is 3. The Morgan fingerprint density at radius 1 is 1.53 bits per heavy atom. The third-order valence-corrected chi connectivity index (χ3v) is 2.87. The van der Waals surface area contributed by atoms with Gasteiger partial charge >= 0.3 is 0 Å². The summed E-state index contributed by atoms with van der Waals surface area (Å²) in [6, 6.07) is 0. The Kier molecular flexibility index (Phi) is 4.10. The zero-order valence-electron chi connectivity index (χ0n) is 10.5. The molecule has 0 aliphatic carbocycles. The SMILES string of the molecule is CN=C(OC)c1ncn([C@@H]2O[C@H](CO)[C@@H](O)[C@H]2O)n1. The summed E-state index contributed by atoms with van der Waals surface area (Å²) in [6.07, 6.45) is -2.81. The molecule has 0 bridgehead atoms. The van der Waals surface area contributed by atoms with Gasteiger partial charge in [0.2, 0.25) is 5.82 Å². The van der Waals surface area contributed by atoms with Gasteiger partial charge in [-0.25, -0.2) is 9.67 Å². The van der Waals surface area contributed by atoms with E-state index in [-0.39, 0.29) is 11.7 Å². The molecule has 0 unspecified atom stereocenters. The van der Waals surface area contributed by atoms with Crippen molar-refractivity contribution in [1.29, 1.82) is 0 Å². The number of methoxy groups -OCH3 is 1. The van der Waals surface area contributed by atoms with Crippen LogP contribution in [-0.2, 0) is 9.47 Å². The van der Waals surface area contributed by atoms with Crippen molar-refractivity contribution in [2.75, 3.05) is 20.8 Å². The predicted octanol–water partition coefficient (Wildman–Crippen LogP) is -2.09. The molecule has 1 saturated heterocycles. The molecule has 0 spiro atoms. The molecule has 1 aliphatic rings. The first-order valence-corrected chi connectivity index (χ1v) is 5.67. The van der Waals surface area contributed by atoms with Gasteiger partial charge in [-0.1, -0.05) is 0 Å². The van der Waals surface area contributed by atoms with E-state index < -0.39 is 31.1 Å². The molecule has 0 amide bonds. The average molecular weight is 272 g/mol. The Bertz CT molecular complexity index is 463. The van der Waals surface area contributed by atoms with Crippen LogP contribution in [0.3, 0.4) is 0 Å². The van der Waals surface area contributed by atoms with Crippen molar-refractivity contribution in [3.8, 4) is 0 Å². The van der Waals surface area contributed by atoms with Crippen LogP contribution in [0.1, 0.15) is 12.1 Å². The van der Waals surface area contributed by atoms with Crippen LogP contribution in [0.4, 0.5) is 0 Å². The van der Waals surface area contributed by atoms with Crippen LogP contribution in [-0.4, -0.2) is 75.1 Å². The second-order valence-electron chi connectivity index (χ2n) is 4.01. The van der Waals surface area contributed by atoms with Crippen molar-refractivity contribution in [3.05, 3.63) is 12.2 Å². The first kappa shape index (κ1) is 13.9. The molecule has 1 aliphatic heterocycles. The van der Waals surface area contributed by atoms with Crippen LogP contribution in [0, 0.1) is 0 Å². The summed E-state index contributed by atoms with van der Waals surface area (Å²) in [5.41, 5.74) is 0. The maximum Gasteiger partial charge on any atom is 0.256 e. The van der Waals surface area contributed by atoms with Crippen LogP contribution in [0.2, 0.25) is 0 Å². The van der Waals surface area contributed by atoms with Crippen molar-refractivity contribution in [2.24, 2.45) is 4.99 Å². The summed E-state index contributed by atoms with van der Waals surface area (Å²) in [4.78, 5) is 7.82. The Morgan fingerprint density at radius 2 is 2.26 bits per heavy atom. The molecule has 19 heavy (non-hydrogen) atoms. The van der Waals surface area contributed by atoms with Gasteiger partial charge in [-0.15, -0.1) is 5.10 Å². The number of aliphatic hydroxyl groups excluding tert-OH is 3. The Balaban J connectivity index is 2.20. The molecular formula is C10H16N4O5. The zero-order chi connectivity index (χ0) is 14.0. The second-order valence-corrected chi connectivity index (χ2v) is 4.01. The van der Waals surface area contributed by atoms with Gasteiger partial charge in [0, 0.05) is 7.05 Å². The Hall–Kier alpha value is -1.55. The maximum atomic E-state index is 9.84. The number of aliphatic imine (C=N–C) groups is 1. The summed E-state index contributed by atoms with van der Waals surface area (Å²) < 4.78 is 11.5. The normalized spacial score (nSPS) is 31.7. The lowest BCUT2D eigenvalue weighted by molar-refractivity contribution is -0.0588. The van der Waals surface area contributed by atoms with Crippen LogP contribution >= 0.6 is 0 Å². The number of rotatable bonds is 3. The largest absolute Gasteiger partial charge is 0.479 e. The molecule has 2 rings (SSSR count). The van der Waals surface area contributed by atoms with E-state index in [0.29, 0.717) is 0 Å². The van der Waals surface area contributed by atoms with Crippen LogP contribution < -0.4 is 0 Å². The molecule has 1 aromatic heterocycles. The minimum Gasteiger partial charge on any atom is -0.479 e. The fourth-order valence-corrected chi connectivity index (χ4v) is 1.88. The molecule has 1 aromatic rings. The molecule has 9 nitrogen and oxygen atoms in total. The molecule has 1 fully saturated rings. The van der Waals surface area contributed by atoms with Gasteiger partial charge in [0.25, 0.3) is 5.90 Å². The van der Waals surface area contributed by atoms with E-state index >= 15 is 0 Å². The number of aromatic nitrogens is 3. The standard InChI is InChI=1S/C10H16N4O5/c1-11-9(18-2)8-12-4-14(13-8)10-7(17)6(16)5(3-15)19-10/h4-7,10,15-17H,3H2,1-2H3/t5-,6-,7-,10-/m1/s1. The molecule has 4 atom stereocenters. The summed E-state index contributed by atoms with van der Waals surface area (Å²) in [7, 11) is 2.97. The third kappa shape index (κ3) is 2.45. The fraction of sp³-hybridized carbons (Fsp3) is 0.700. The smallest absolute Gasteiger partial charge is 0.256 e. The van der Waals surface area contributed by atoms with Gasteiger partial charge in [-0.05, 0) is 0 Å². The highest BCUT2D eigenvalue weighted by atomic mass is 16.6. The average Bonchev–Trinajstić information content (AvgIpc) is 2.99. The minimum atomic E-state index is -1.20. The van der Waals surface area contributed by atoms with E-state index in [9.17, 15) is 10.2 Å². The molecule has 0 aromatic carbocycles. The molecule has 0 saturated carbocycles. The van der Waals surface area contributed by atoms with Crippen molar-refractivity contribution in [1.82, 2.24) is 14.8 Å². The first-order chi connectivity index (χ1) is 9.12. The van der Waals surface area contributed by atoms with Crippen molar-refractivity contribution >= 4 is 5.90 Å². The number of hydrogen-bond donors (Lipinski definition) is 3. The molecular weight excluding hydrogens is 256 g/mol. The van der Waals surface area contributed by atoms with Crippen molar-refractivity contribution in [3.63, 3.8) is 0 Å². The van der Waals surface area contributed by atoms with Crippen molar-refractivity contribution in [2.45, 2.75) is 24.5 Å². The van der Waals surface area contributed by atoms with Gasteiger partial charge in [-0.3, -0.25) is 4.99 Å². The Labute approximate surface area is 109 Å². The maximum absolute atomic E-state index is 9.84. The molecule has 106 valence electrons. The van der Waals surface area contributed by atoms with Crippen LogP contribution in [0.25, 0.3) is 0 Å². The van der Waals surface area contributed by atoms with E-state index in [1.165, 1.54) is 25.2 Å². The second kappa shape index (κ2) is 5.61. The highest BCUT2D eigenvalue weighted by Crippen LogP contribution is 2.28. The zero-order valence-corrected chi connectivity index (χ0v) is 10.5. The monoisotopic (exact) mass is 272 g/mol.